The molecule has 0 radical (unpaired) electrons. The van der Waals surface area contributed by atoms with Crippen molar-refractivity contribution < 1.29 is 49.4 Å². The van der Waals surface area contributed by atoms with Crippen LogP contribution in [0.5, 0.6) is 0 Å². The topological polar surface area (TPSA) is 49.3 Å². The second kappa shape index (κ2) is 8.17. The number of hydrogen-bond donors (Lipinski definition) is 2. The molecule has 3 nitrogen and oxygen atoms in total. The first-order valence-corrected chi connectivity index (χ1v) is 8.02. The molecule has 0 fully saturated rings. The zero-order chi connectivity index (χ0) is 22.9. The molecule has 0 aliphatic rings. The van der Waals surface area contributed by atoms with Crippen LogP contribution in [0.2, 0.25) is 0 Å². The Morgan fingerprint density at radius 2 is 1.20 bits per heavy atom. The summed E-state index contributed by atoms with van der Waals surface area (Å²) in [6.07, 6.45) is -16.5. The van der Waals surface area contributed by atoms with Crippen molar-refractivity contribution >= 4 is 5.91 Å². The van der Waals surface area contributed by atoms with Crippen LogP contribution in [-0.4, -0.2) is 17.6 Å². The van der Waals surface area contributed by atoms with E-state index in [0.717, 1.165) is 12.1 Å². The van der Waals surface area contributed by atoms with E-state index in [4.69, 9.17) is 0 Å². The summed E-state index contributed by atoms with van der Waals surface area (Å²) in [6.45, 7) is -0.665. The first kappa shape index (κ1) is 23.5. The number of carbonyl (C=O) groups excluding carboxylic acids is 1. The lowest BCUT2D eigenvalue weighted by Crippen LogP contribution is -2.29. The molecule has 0 aliphatic carbocycles. The number of alkyl halides is 9. The zero-order valence-electron chi connectivity index (χ0n) is 14.6. The van der Waals surface area contributed by atoms with E-state index < -0.39 is 59.3 Å². The molecular weight excluding hydrogens is 433 g/mol. The predicted molar refractivity (Wildman–Crippen MR) is 85.2 cm³/mol. The van der Waals surface area contributed by atoms with Crippen LogP contribution in [0, 0.1) is 0 Å². The summed E-state index contributed by atoms with van der Waals surface area (Å²) in [5.74, 6) is -1.34. The highest BCUT2D eigenvalue weighted by atomic mass is 19.4. The summed E-state index contributed by atoms with van der Waals surface area (Å²) in [5, 5.41) is 11.9. The number of halogens is 9. The van der Waals surface area contributed by atoms with Crippen molar-refractivity contribution in [2.24, 2.45) is 0 Å². The Balaban J connectivity index is 2.17. The number of rotatable bonds is 4. The molecule has 2 N–H and O–H groups in total. The number of aliphatic hydroxyl groups is 1. The number of carbonyl (C=O) groups is 1. The summed E-state index contributed by atoms with van der Waals surface area (Å²) in [4.78, 5) is 12.0. The van der Waals surface area contributed by atoms with Gasteiger partial charge in [0.25, 0.3) is 5.91 Å². The quantitative estimate of drug-likeness (QED) is 0.636. The Labute approximate surface area is 163 Å². The minimum Gasteiger partial charge on any atom is -0.387 e. The molecule has 0 aliphatic heterocycles. The zero-order valence-corrected chi connectivity index (χ0v) is 14.6. The maximum absolute atomic E-state index is 12.8. The normalized spacial score (nSPS) is 13.8. The minimum atomic E-state index is -5.14. The predicted octanol–water partition coefficient (Wildman–Crippen LogP) is 5.21. The van der Waals surface area contributed by atoms with Gasteiger partial charge in [0.15, 0.2) is 0 Å². The van der Waals surface area contributed by atoms with E-state index in [-0.39, 0.29) is 23.8 Å². The first-order valence-electron chi connectivity index (χ1n) is 8.02. The molecule has 0 heterocycles. The van der Waals surface area contributed by atoms with Crippen LogP contribution in [0.15, 0.2) is 42.5 Å². The van der Waals surface area contributed by atoms with Crippen molar-refractivity contribution in [2.45, 2.75) is 24.6 Å². The van der Waals surface area contributed by atoms with Crippen molar-refractivity contribution in [3.8, 4) is 0 Å². The second-order valence-electron chi connectivity index (χ2n) is 6.14. The van der Waals surface area contributed by atoms with Gasteiger partial charge in [-0.25, -0.2) is 0 Å². The standard InChI is InChI=1S/C18H12F9NO2/c19-16(20,21)11-3-1-9(2-4-11)14(29)8-28-15(30)10-5-12(17(22,23)24)7-13(6-10)18(25,26)27/h1-7,14,29H,8H2,(H,28,30). The van der Waals surface area contributed by atoms with Crippen LogP contribution in [0.4, 0.5) is 39.5 Å². The van der Waals surface area contributed by atoms with Crippen LogP contribution in [0.25, 0.3) is 0 Å². The summed E-state index contributed by atoms with van der Waals surface area (Å²) in [5.41, 5.74) is -5.37. The number of amides is 1. The molecule has 0 saturated carbocycles. The number of nitrogens with one attached hydrogen (secondary N) is 1. The Bertz CT molecular complexity index is 868. The van der Waals surface area contributed by atoms with Gasteiger partial charge in [-0.15, -0.1) is 0 Å². The maximum atomic E-state index is 12.8. The van der Waals surface area contributed by atoms with Gasteiger partial charge in [-0.1, -0.05) is 12.1 Å². The smallest absolute Gasteiger partial charge is 0.387 e. The molecule has 0 spiro atoms. The van der Waals surface area contributed by atoms with E-state index in [1.54, 1.807) is 0 Å². The van der Waals surface area contributed by atoms with Gasteiger partial charge in [0.1, 0.15) is 0 Å². The van der Waals surface area contributed by atoms with Crippen LogP contribution in [0.1, 0.15) is 38.7 Å². The maximum Gasteiger partial charge on any atom is 0.416 e. The number of benzene rings is 2. The molecule has 12 heteroatoms. The highest BCUT2D eigenvalue weighted by molar-refractivity contribution is 5.94. The van der Waals surface area contributed by atoms with Crippen molar-refractivity contribution in [3.05, 3.63) is 70.3 Å². The van der Waals surface area contributed by atoms with E-state index in [1.807, 2.05) is 5.32 Å². The van der Waals surface area contributed by atoms with Crippen molar-refractivity contribution in [1.82, 2.24) is 5.32 Å². The molecule has 2 rings (SSSR count). The molecular formula is C18H12F9NO2. The highest BCUT2D eigenvalue weighted by Gasteiger charge is 2.37. The van der Waals surface area contributed by atoms with Gasteiger partial charge in [0.05, 0.1) is 22.8 Å². The van der Waals surface area contributed by atoms with Gasteiger partial charge in [0.2, 0.25) is 0 Å². The Morgan fingerprint density at radius 1 is 0.767 bits per heavy atom. The molecule has 0 aromatic heterocycles. The Morgan fingerprint density at radius 3 is 1.60 bits per heavy atom. The summed E-state index contributed by atoms with van der Waals surface area (Å²) in [7, 11) is 0. The minimum absolute atomic E-state index is 0.0525. The second-order valence-corrected chi connectivity index (χ2v) is 6.14. The van der Waals surface area contributed by atoms with Crippen molar-refractivity contribution in [3.63, 3.8) is 0 Å². The summed E-state index contributed by atoms with van der Waals surface area (Å²) in [6, 6.07) is 3.47. The molecule has 2 aromatic rings. The van der Waals surface area contributed by atoms with Gasteiger partial charge >= 0.3 is 18.5 Å². The van der Waals surface area contributed by atoms with Gasteiger partial charge < -0.3 is 10.4 Å². The summed E-state index contributed by atoms with van der Waals surface area (Å²) >= 11 is 0. The van der Waals surface area contributed by atoms with E-state index in [1.165, 1.54) is 0 Å². The van der Waals surface area contributed by atoms with Gasteiger partial charge in [0, 0.05) is 12.1 Å². The van der Waals surface area contributed by atoms with E-state index in [9.17, 15) is 49.4 Å². The highest BCUT2D eigenvalue weighted by Crippen LogP contribution is 2.36. The molecule has 0 bridgehead atoms. The molecule has 1 amide bonds. The molecule has 1 unspecified atom stereocenters. The number of hydrogen-bond acceptors (Lipinski definition) is 2. The monoisotopic (exact) mass is 445 g/mol. The molecule has 0 saturated heterocycles. The average molecular weight is 445 g/mol. The van der Waals surface area contributed by atoms with Crippen LogP contribution in [-0.2, 0) is 18.5 Å². The van der Waals surface area contributed by atoms with E-state index in [2.05, 4.69) is 0 Å². The number of aliphatic hydroxyl groups excluding tert-OH is 1. The fraction of sp³-hybridized carbons (Fsp3) is 0.278. The van der Waals surface area contributed by atoms with E-state index in [0.29, 0.717) is 12.1 Å². The molecule has 30 heavy (non-hydrogen) atoms. The van der Waals surface area contributed by atoms with Gasteiger partial charge in [-0.3, -0.25) is 4.79 Å². The molecule has 1 atom stereocenters. The largest absolute Gasteiger partial charge is 0.416 e. The average Bonchev–Trinajstić information content (AvgIpc) is 2.63. The van der Waals surface area contributed by atoms with Crippen LogP contribution < -0.4 is 5.32 Å². The van der Waals surface area contributed by atoms with Crippen LogP contribution in [0.3, 0.4) is 0 Å². The Hall–Kier alpha value is -2.76. The van der Waals surface area contributed by atoms with E-state index >= 15 is 0 Å². The lowest BCUT2D eigenvalue weighted by molar-refractivity contribution is -0.143. The molecule has 2 aromatic carbocycles. The lowest BCUT2D eigenvalue weighted by atomic mass is 10.0. The fourth-order valence-electron chi connectivity index (χ4n) is 2.39. The third kappa shape index (κ3) is 5.88. The SMILES string of the molecule is O=C(NCC(O)c1ccc(C(F)(F)F)cc1)c1cc(C(F)(F)F)cc(C(F)(F)F)c1. The third-order valence-corrected chi connectivity index (χ3v) is 3.93. The van der Waals surface area contributed by atoms with Crippen LogP contribution >= 0.6 is 0 Å². The van der Waals surface area contributed by atoms with Crippen molar-refractivity contribution in [1.29, 1.82) is 0 Å². The van der Waals surface area contributed by atoms with Gasteiger partial charge in [-0.05, 0) is 35.9 Å². The van der Waals surface area contributed by atoms with Crippen molar-refractivity contribution in [2.75, 3.05) is 6.54 Å². The fourth-order valence-corrected chi connectivity index (χ4v) is 2.39. The third-order valence-electron chi connectivity index (χ3n) is 3.93. The Kier molecular flexibility index (Phi) is 6.40. The van der Waals surface area contributed by atoms with Gasteiger partial charge in [-0.2, -0.15) is 39.5 Å². The molecule has 164 valence electrons. The first-order chi connectivity index (χ1) is 13.6. The summed E-state index contributed by atoms with van der Waals surface area (Å²) < 4.78 is 115. The lowest BCUT2D eigenvalue weighted by Gasteiger charge is -2.16.